The number of halogens is 4. The van der Waals surface area contributed by atoms with Gasteiger partial charge in [-0.25, -0.2) is 24.1 Å². The highest BCUT2D eigenvalue weighted by Gasteiger charge is 2.68. The van der Waals surface area contributed by atoms with Crippen LogP contribution in [0, 0.1) is 0 Å². The van der Waals surface area contributed by atoms with Crippen LogP contribution >= 0.6 is 18.9 Å². The lowest BCUT2D eigenvalue weighted by Crippen LogP contribution is -2.58. The molecule has 65 heavy (non-hydrogen) atoms. The Morgan fingerprint density at radius 2 is 1.72 bits per heavy atom. The van der Waals surface area contributed by atoms with Crippen LogP contribution in [-0.2, 0) is 34.7 Å². The van der Waals surface area contributed by atoms with Crippen LogP contribution in [0.1, 0.15) is 98.3 Å². The normalized spacial score (nSPS) is 22.5. The van der Waals surface area contributed by atoms with Gasteiger partial charge in [-0.3, -0.25) is 33.5 Å². The predicted octanol–water partition coefficient (Wildman–Crippen LogP) is 8.05. The van der Waals surface area contributed by atoms with E-state index in [0.717, 1.165) is 22.4 Å². The Kier molecular flexibility index (Phi) is 12.6. The topological polar surface area (TPSA) is 185 Å². The summed E-state index contributed by atoms with van der Waals surface area (Å²) in [4.78, 5) is 89.5. The lowest BCUT2D eigenvalue weighted by atomic mass is 9.99. The second kappa shape index (κ2) is 17.9. The summed E-state index contributed by atoms with van der Waals surface area (Å²) >= 11 is 1.07. The number of hydrogen-bond acceptors (Lipinski definition) is 11. The molecule has 21 heteroatoms. The van der Waals surface area contributed by atoms with Gasteiger partial charge in [0, 0.05) is 16.9 Å². The fourth-order valence-corrected chi connectivity index (χ4v) is 11.6. The van der Waals surface area contributed by atoms with Crippen molar-refractivity contribution in [2.45, 2.75) is 113 Å². The van der Waals surface area contributed by atoms with Crippen molar-refractivity contribution in [2.24, 2.45) is 0 Å². The summed E-state index contributed by atoms with van der Waals surface area (Å²) in [5.74, 6) is -5.76. The van der Waals surface area contributed by atoms with Crippen molar-refractivity contribution in [3.8, 4) is 5.75 Å². The fourth-order valence-electron chi connectivity index (χ4n) is 8.70. The Bertz CT molecular complexity index is 2590. The molecule has 4 fully saturated rings. The lowest BCUT2D eigenvalue weighted by molar-refractivity contribution is -0.147. The second-order valence-electron chi connectivity index (χ2n) is 16.6. The smallest absolute Gasteiger partial charge is 0.417 e. The largest absolute Gasteiger partial charge is 0.465 e. The number of esters is 1. The zero-order valence-corrected chi connectivity index (χ0v) is 36.9. The number of para-hydroxylation sites is 1. The van der Waals surface area contributed by atoms with E-state index in [0.29, 0.717) is 59.4 Å². The third-order valence-electron chi connectivity index (χ3n) is 12.1. The number of ether oxygens (including phenoxy) is 1. The minimum atomic E-state index is -4.81. The number of nitrogens with zero attached hydrogens (tertiary/aromatic N) is 4. The summed E-state index contributed by atoms with van der Waals surface area (Å²) in [6.07, 6.45) is 0.00473. The van der Waals surface area contributed by atoms with E-state index in [1.54, 1.807) is 24.3 Å². The molecule has 3 aliphatic heterocycles. The molecule has 344 valence electrons. The van der Waals surface area contributed by atoms with Crippen LogP contribution < -0.4 is 19.8 Å². The molecule has 1 aliphatic carbocycles. The van der Waals surface area contributed by atoms with Crippen LogP contribution in [0.4, 0.5) is 28.0 Å². The summed E-state index contributed by atoms with van der Waals surface area (Å²) in [5.41, 5.74) is -3.26. The highest BCUT2D eigenvalue weighted by Crippen LogP contribution is 2.58. The average molecular weight is 941 g/mol. The maximum atomic E-state index is 16.6. The van der Waals surface area contributed by atoms with Gasteiger partial charge in [0.1, 0.15) is 29.4 Å². The van der Waals surface area contributed by atoms with Crippen LogP contribution in [0.25, 0.3) is 10.1 Å². The lowest BCUT2D eigenvalue weighted by Gasteiger charge is -2.36. The molecule has 4 aliphatic rings. The molecule has 1 unspecified atom stereocenters. The molecular formula is C44H45F4N6O9PS. The van der Waals surface area contributed by atoms with E-state index in [1.165, 1.54) is 42.2 Å². The van der Waals surface area contributed by atoms with Gasteiger partial charge in [0.25, 0.3) is 17.7 Å². The molecule has 15 nitrogen and oxygen atoms in total. The summed E-state index contributed by atoms with van der Waals surface area (Å²) in [6, 6.07) is 9.41. The molecule has 8 rings (SSSR count). The Morgan fingerprint density at radius 3 is 2.43 bits per heavy atom. The van der Waals surface area contributed by atoms with Crippen LogP contribution in [-0.4, -0.2) is 86.7 Å². The molecule has 6 atom stereocenters. The fraction of sp³-hybridized carbons (Fsp3) is 0.432. The first-order chi connectivity index (χ1) is 31.0. The Morgan fingerprint density at radius 1 is 0.985 bits per heavy atom. The number of aromatic nitrogens is 1. The number of rotatable bonds is 13. The van der Waals surface area contributed by atoms with Gasteiger partial charge >= 0.3 is 25.7 Å². The zero-order chi connectivity index (χ0) is 46.4. The monoisotopic (exact) mass is 940 g/mol. The van der Waals surface area contributed by atoms with Crippen LogP contribution in [0.5, 0.6) is 5.75 Å². The van der Waals surface area contributed by atoms with Crippen LogP contribution in [0.3, 0.4) is 0 Å². The number of carbonyl (C=O) groups excluding carboxylic acids is 6. The van der Waals surface area contributed by atoms with Crippen molar-refractivity contribution in [1.82, 2.24) is 25.2 Å². The van der Waals surface area contributed by atoms with E-state index >= 15 is 4.39 Å². The van der Waals surface area contributed by atoms with E-state index in [2.05, 4.69) is 15.4 Å². The molecular weight excluding hydrogens is 896 g/mol. The molecule has 6 amide bonds. The Hall–Kier alpha value is -5.72. The number of alkyl halides is 4. The molecule has 0 radical (unpaired) electrons. The number of carbonyl (C=O) groups is 6. The van der Waals surface area contributed by atoms with E-state index < -0.39 is 96.2 Å². The van der Waals surface area contributed by atoms with Crippen molar-refractivity contribution in [3.05, 3.63) is 89.1 Å². The van der Waals surface area contributed by atoms with Crippen molar-refractivity contribution >= 4 is 70.3 Å². The maximum absolute atomic E-state index is 16.6. The zero-order valence-electron chi connectivity index (χ0n) is 35.2. The number of urea groups is 1. The Labute approximate surface area is 374 Å². The minimum Gasteiger partial charge on any atom is -0.465 e. The van der Waals surface area contributed by atoms with E-state index in [4.69, 9.17) is 9.26 Å². The number of imide groups is 2. The highest BCUT2D eigenvalue weighted by molar-refractivity contribution is 7.57. The molecule has 3 saturated heterocycles. The SMILES string of the molecule is CCCOC(=O)[C@H](C)NP(=O)(Oc1ccccc1)[C@@H](F)c1ccc2sc(C(=O)N[C@H]3CCCC[C@H]4CC[C@@H](C(=O)N5C(=O)N(c6cncc(C(F)(F)F)c6)C(=O)C56CC6)N4C3=O)cc2c1. The number of pyridine rings is 1. The van der Waals surface area contributed by atoms with Gasteiger partial charge in [0.05, 0.1) is 28.9 Å². The summed E-state index contributed by atoms with van der Waals surface area (Å²) in [7, 11) is -4.53. The van der Waals surface area contributed by atoms with Gasteiger partial charge < -0.3 is 19.5 Å². The van der Waals surface area contributed by atoms with Gasteiger partial charge in [-0.15, -0.1) is 11.3 Å². The quantitative estimate of drug-likeness (QED) is 0.0572. The first-order valence-electron chi connectivity index (χ1n) is 21.3. The summed E-state index contributed by atoms with van der Waals surface area (Å²) in [5, 5.41) is 5.78. The molecule has 1 saturated carbocycles. The first-order valence-corrected chi connectivity index (χ1v) is 23.8. The average Bonchev–Trinajstić information content (AvgIpc) is 3.68. The summed E-state index contributed by atoms with van der Waals surface area (Å²) in [6.45, 7) is 3.31. The van der Waals surface area contributed by atoms with Crippen molar-refractivity contribution in [3.63, 3.8) is 0 Å². The minimum absolute atomic E-state index is 0.0603. The van der Waals surface area contributed by atoms with E-state index in [9.17, 15) is 46.5 Å². The number of hydrogen-bond donors (Lipinski definition) is 2. The number of nitrogens with one attached hydrogen (secondary N) is 2. The van der Waals surface area contributed by atoms with Gasteiger partial charge in [0.15, 0.2) is 0 Å². The predicted molar refractivity (Wildman–Crippen MR) is 229 cm³/mol. The third kappa shape index (κ3) is 8.87. The van der Waals surface area contributed by atoms with Crippen molar-refractivity contribution < 1.29 is 60.2 Å². The second-order valence-corrected chi connectivity index (χ2v) is 19.8. The van der Waals surface area contributed by atoms with Crippen LogP contribution in [0.2, 0.25) is 0 Å². The van der Waals surface area contributed by atoms with Crippen molar-refractivity contribution in [2.75, 3.05) is 11.5 Å². The van der Waals surface area contributed by atoms with Gasteiger partial charge in [0.2, 0.25) is 11.8 Å². The number of anilines is 1. The molecule has 2 N–H and O–H groups in total. The number of fused-ring (bicyclic) bond motifs is 2. The number of thiophene rings is 1. The standard InChI is InChI=1S/C44H45F4N6O9PS/c1-3-19-62-40(58)25(2)51-64(61,63-31-10-5-4-6-11-31)36(45)26-13-16-34-27(20-26)21-35(65-34)37(55)50-32-12-8-7-9-29-14-15-33(52(29)38(32)56)39(57)54-42(60)53(41(59)43(54)17-18-43)30-22-28(23-49-24-30)44(46,47)48/h4-6,10-11,13,16,20-25,29,32-33,36H,3,7-9,12,14-15,17-19H2,1-2H3,(H,50,55)(H,51,61)/t25-,29-,32-,33-,36+,64?/m0/s1. The van der Waals surface area contributed by atoms with Gasteiger partial charge in [-0.05, 0) is 99.2 Å². The van der Waals surface area contributed by atoms with Crippen LogP contribution in [0.15, 0.2) is 73.1 Å². The van der Waals surface area contributed by atoms with E-state index in [1.807, 2.05) is 6.92 Å². The highest BCUT2D eigenvalue weighted by atomic mass is 32.1. The number of benzene rings is 2. The molecule has 0 bridgehead atoms. The molecule has 5 heterocycles. The summed E-state index contributed by atoms with van der Waals surface area (Å²) < 4.78 is 83.0. The Balaban J connectivity index is 0.999. The maximum Gasteiger partial charge on any atom is 0.417 e. The van der Waals surface area contributed by atoms with Crippen molar-refractivity contribution in [1.29, 1.82) is 0 Å². The van der Waals surface area contributed by atoms with E-state index in [-0.39, 0.29) is 48.5 Å². The van der Waals surface area contributed by atoms with Gasteiger partial charge in [-0.1, -0.05) is 44.0 Å². The molecule has 4 aromatic rings. The number of amides is 6. The van der Waals surface area contributed by atoms with Gasteiger partial charge in [-0.2, -0.15) is 13.2 Å². The third-order valence-corrected chi connectivity index (χ3v) is 15.3. The molecule has 1 spiro atoms. The molecule has 2 aromatic heterocycles. The molecule has 2 aromatic carbocycles. The first kappa shape index (κ1) is 45.8.